The fourth-order valence-electron chi connectivity index (χ4n) is 1.24. The quantitative estimate of drug-likeness (QED) is 0.585. The average Bonchev–Trinajstić information content (AvgIpc) is 2.45. The van der Waals surface area contributed by atoms with Gasteiger partial charge in [-0.1, -0.05) is 12.2 Å². The molecule has 0 aromatic rings. The topological polar surface area (TPSA) is 12.4 Å². The zero-order chi connectivity index (χ0) is 10.3. The molecule has 1 radical (unpaired) electrons. The maximum absolute atomic E-state index is 12.3. The molecule has 2 rings (SSSR count). The van der Waals surface area contributed by atoms with Gasteiger partial charge in [-0.3, -0.25) is 4.99 Å². The molecule has 0 unspecified atom stereocenters. The van der Waals surface area contributed by atoms with Crippen molar-refractivity contribution in [1.29, 1.82) is 0 Å². The van der Waals surface area contributed by atoms with E-state index in [2.05, 4.69) is 4.99 Å². The van der Waals surface area contributed by atoms with E-state index in [9.17, 15) is 12.9 Å². The van der Waals surface area contributed by atoms with Crippen LogP contribution in [-0.2, 0) is 0 Å². The van der Waals surface area contributed by atoms with Crippen LogP contribution >= 0.6 is 11.6 Å². The predicted molar refractivity (Wildman–Crippen MR) is 50.9 cm³/mol. The molecule has 73 valence electrons. The van der Waals surface area contributed by atoms with E-state index in [0.717, 1.165) is 6.08 Å². The van der Waals surface area contributed by atoms with Crippen LogP contribution in [0, 0.1) is 5.38 Å². The van der Waals surface area contributed by atoms with Gasteiger partial charge >= 0.3 is 58.4 Å². The van der Waals surface area contributed by atoms with Crippen LogP contribution in [-0.4, -0.2) is 12.7 Å². The fraction of sp³-hybridized carbons (Fsp3) is 0. The maximum atomic E-state index is 12.3. The van der Waals surface area contributed by atoms with E-state index in [-0.39, 0.29) is 51.4 Å². The van der Waals surface area contributed by atoms with E-state index in [1.54, 1.807) is 0 Å². The average molecular weight is 256 g/mol. The molecule has 0 fully saturated rings. The number of hydrogen-bond donors (Lipinski definition) is 0. The summed E-state index contributed by atoms with van der Waals surface area (Å²) in [5.74, 6) is 0. The van der Waals surface area contributed by atoms with E-state index in [0.29, 0.717) is 16.7 Å². The minimum absolute atomic E-state index is 0. The summed E-state index contributed by atoms with van der Waals surface area (Å²) in [7, 11) is 0. The van der Waals surface area contributed by atoms with Gasteiger partial charge in [0.2, 0.25) is 0 Å². The zero-order valence-corrected chi connectivity index (χ0v) is 11.7. The molecular weight excluding hydrogens is 252 g/mol. The summed E-state index contributed by atoms with van der Waals surface area (Å²) >= 11 is 5.64. The molecule has 0 aromatic heterocycles. The fourth-order valence-corrected chi connectivity index (χ4v) is 1.42. The largest absolute Gasteiger partial charge is 1.00 e. The second-order valence-corrected chi connectivity index (χ2v) is 3.40. The molecule has 1 heterocycles. The Morgan fingerprint density at radius 1 is 1.13 bits per heavy atom. The van der Waals surface area contributed by atoms with Crippen LogP contribution in [0.5, 0.6) is 0 Å². The van der Waals surface area contributed by atoms with E-state index >= 15 is 0 Å². The van der Waals surface area contributed by atoms with Gasteiger partial charge in [0.25, 0.3) is 0 Å². The van der Waals surface area contributed by atoms with Crippen molar-refractivity contribution >= 4 is 24.3 Å². The number of fused-ring (bicyclic) bond motifs is 1. The van der Waals surface area contributed by atoms with Crippen molar-refractivity contribution in [2.24, 2.45) is 4.99 Å². The van der Waals surface area contributed by atoms with Crippen LogP contribution in [0.15, 0.2) is 40.5 Å². The molecule has 1 nitrogen and oxygen atoms in total. The monoisotopic (exact) mass is 256 g/mol. The van der Waals surface area contributed by atoms with Crippen molar-refractivity contribution in [2.75, 3.05) is 0 Å². The molecule has 1 aliphatic heterocycles. The van der Waals surface area contributed by atoms with Crippen LogP contribution in [0.25, 0.3) is 0 Å². The number of aliphatic imine (C=N–C) groups is 1. The number of nitrogens with zero attached hydrogens (tertiary/aromatic N) is 1. The van der Waals surface area contributed by atoms with Gasteiger partial charge in [-0.05, 0) is 23.3 Å². The molecule has 0 saturated carbocycles. The van der Waals surface area contributed by atoms with Crippen LogP contribution in [0.2, 0.25) is 0 Å². The van der Waals surface area contributed by atoms with E-state index in [1.165, 1.54) is 18.2 Å². The second-order valence-electron chi connectivity index (χ2n) is 2.96. The van der Waals surface area contributed by atoms with E-state index in [4.69, 9.17) is 11.6 Å². The standard InChI is InChI=1S/C8H4BClF3N.K/c10-6-1-2-7-5(3-6)4-8(14-7)9(11,12)13;/h1-4H;/q-1;+1. The van der Waals surface area contributed by atoms with E-state index < -0.39 is 12.6 Å². The summed E-state index contributed by atoms with van der Waals surface area (Å²) in [5, 5.41) is 0.408. The van der Waals surface area contributed by atoms with Gasteiger partial charge in [-0.2, -0.15) is 0 Å². The SMILES string of the molecule is F[B-](F)(F)C1=CC2=C[C](Cl)C=CC2=N1.[K+]. The van der Waals surface area contributed by atoms with E-state index in [1.807, 2.05) is 0 Å². The van der Waals surface area contributed by atoms with Crippen LogP contribution in [0.4, 0.5) is 12.9 Å². The molecule has 0 N–H and O–H groups in total. The van der Waals surface area contributed by atoms with Crippen molar-refractivity contribution < 1.29 is 64.3 Å². The van der Waals surface area contributed by atoms with Crippen LogP contribution in [0.1, 0.15) is 0 Å². The Balaban J connectivity index is 0.00000112. The summed E-state index contributed by atoms with van der Waals surface area (Å²) in [6, 6.07) is 0. The van der Waals surface area contributed by atoms with Crippen molar-refractivity contribution in [2.45, 2.75) is 0 Å². The van der Waals surface area contributed by atoms with Crippen LogP contribution < -0.4 is 51.4 Å². The molecule has 0 atom stereocenters. The van der Waals surface area contributed by atoms with Gasteiger partial charge in [-0.15, -0.1) is 11.6 Å². The molecule has 2 aliphatic rings. The predicted octanol–water partition coefficient (Wildman–Crippen LogP) is -0.0175. The Kier molecular flexibility index (Phi) is 4.48. The van der Waals surface area contributed by atoms with Crippen molar-refractivity contribution in [1.82, 2.24) is 0 Å². The molecule has 1 aliphatic carbocycles. The second kappa shape index (κ2) is 4.89. The Labute approximate surface area is 133 Å². The van der Waals surface area contributed by atoms with Gasteiger partial charge < -0.3 is 12.9 Å². The Morgan fingerprint density at radius 2 is 1.80 bits per heavy atom. The Morgan fingerprint density at radius 3 is 2.40 bits per heavy atom. The molecule has 0 aromatic carbocycles. The number of rotatable bonds is 1. The molecule has 7 heteroatoms. The molecule has 0 bridgehead atoms. The summed E-state index contributed by atoms with van der Waals surface area (Å²) in [4.78, 5) is 3.47. The smallest absolute Gasteiger partial charge is 0.444 e. The first-order valence-electron chi connectivity index (χ1n) is 3.89. The van der Waals surface area contributed by atoms with Gasteiger partial charge in [0.1, 0.15) is 5.38 Å². The summed E-state index contributed by atoms with van der Waals surface area (Å²) in [6.07, 6.45) is 5.48. The summed E-state index contributed by atoms with van der Waals surface area (Å²) in [6.45, 7) is -5.02. The number of hydrogen-bond acceptors (Lipinski definition) is 1. The minimum atomic E-state index is -5.02. The molecule has 0 saturated heterocycles. The first-order valence-corrected chi connectivity index (χ1v) is 4.27. The number of allylic oxidation sites excluding steroid dienone is 5. The Bertz CT molecular complexity index is 397. The first-order chi connectivity index (χ1) is 6.47. The van der Waals surface area contributed by atoms with Gasteiger partial charge in [0.05, 0.1) is 5.71 Å². The molecule has 0 amide bonds. The van der Waals surface area contributed by atoms with Gasteiger partial charge in [0, 0.05) is 0 Å². The van der Waals surface area contributed by atoms with Crippen LogP contribution in [0.3, 0.4) is 0 Å². The van der Waals surface area contributed by atoms with Gasteiger partial charge in [-0.25, -0.2) is 0 Å². The number of halogens is 4. The first kappa shape index (κ1) is 13.7. The molecule has 15 heavy (non-hydrogen) atoms. The third kappa shape index (κ3) is 3.08. The maximum Gasteiger partial charge on any atom is 1.00 e. The zero-order valence-electron chi connectivity index (χ0n) is 7.85. The third-order valence-electron chi connectivity index (χ3n) is 1.88. The normalized spacial score (nSPS) is 20.1. The van der Waals surface area contributed by atoms with Gasteiger partial charge in [0.15, 0.2) is 0 Å². The summed E-state index contributed by atoms with van der Waals surface area (Å²) in [5.41, 5.74) is -0.0717. The third-order valence-corrected chi connectivity index (χ3v) is 2.11. The van der Waals surface area contributed by atoms with Crippen molar-refractivity contribution in [3.05, 3.63) is 40.9 Å². The summed E-state index contributed by atoms with van der Waals surface area (Å²) < 4.78 is 36.9. The minimum Gasteiger partial charge on any atom is -0.444 e. The van der Waals surface area contributed by atoms with Crippen molar-refractivity contribution in [3.8, 4) is 0 Å². The van der Waals surface area contributed by atoms with Crippen molar-refractivity contribution in [3.63, 3.8) is 0 Å². The molecular formula is C8H4BClF3KN. The Hall–Kier alpha value is 0.671. The molecule has 0 spiro atoms.